The van der Waals surface area contributed by atoms with Gasteiger partial charge in [0.1, 0.15) is 5.75 Å². The van der Waals surface area contributed by atoms with Crippen LogP contribution in [0.25, 0.3) is 11.5 Å². The van der Waals surface area contributed by atoms with Crippen molar-refractivity contribution in [1.29, 1.82) is 0 Å². The summed E-state index contributed by atoms with van der Waals surface area (Å²) >= 11 is 7.02. The number of aryl methyl sites for hydroxylation is 1. The molecule has 28 heavy (non-hydrogen) atoms. The number of methoxy groups -OCH3 is 1. The lowest BCUT2D eigenvalue weighted by molar-refractivity contribution is -0.577. The van der Waals surface area contributed by atoms with Crippen molar-refractivity contribution in [3.05, 3.63) is 76.7 Å². The number of anilines is 1. The molecule has 0 amide bonds. The van der Waals surface area contributed by atoms with Gasteiger partial charge in [-0.15, -0.1) is 11.3 Å². The normalized spacial score (nSPS) is 11.6. The third-order valence-electron chi connectivity index (χ3n) is 4.22. The molecule has 0 radical (unpaired) electrons. The number of nitrogens with zero attached hydrogens (tertiary/aromatic N) is 1. The SMILES string of the molecule is CCCc1cc[n+](C(C(=S)Nc2ccc(OC)cc2)=C([O-])c2cccs2)cc1. The summed E-state index contributed by atoms with van der Waals surface area (Å²) in [5.74, 6) is 0.658. The van der Waals surface area contributed by atoms with Gasteiger partial charge in [0.05, 0.1) is 7.11 Å². The van der Waals surface area contributed by atoms with Gasteiger partial charge in [0.25, 0.3) is 0 Å². The molecule has 6 heteroatoms. The van der Waals surface area contributed by atoms with Crippen LogP contribution >= 0.6 is 23.6 Å². The Bertz CT molecular complexity index is 947. The summed E-state index contributed by atoms with van der Waals surface area (Å²) < 4.78 is 6.98. The van der Waals surface area contributed by atoms with Gasteiger partial charge in [-0.25, -0.2) is 0 Å². The van der Waals surface area contributed by atoms with Crippen LogP contribution in [0.1, 0.15) is 23.8 Å². The Hall–Kier alpha value is -2.70. The summed E-state index contributed by atoms with van der Waals surface area (Å²) in [5.41, 5.74) is 2.46. The first-order chi connectivity index (χ1) is 13.6. The smallest absolute Gasteiger partial charge is 0.239 e. The molecule has 1 aromatic carbocycles. The van der Waals surface area contributed by atoms with E-state index in [0.29, 0.717) is 15.6 Å². The molecule has 0 fully saturated rings. The van der Waals surface area contributed by atoms with Gasteiger partial charge in [0, 0.05) is 22.7 Å². The first kappa shape index (κ1) is 20.0. The molecule has 0 aliphatic heterocycles. The van der Waals surface area contributed by atoms with E-state index in [-0.39, 0.29) is 5.76 Å². The van der Waals surface area contributed by atoms with E-state index in [1.54, 1.807) is 11.7 Å². The fourth-order valence-electron chi connectivity index (χ4n) is 2.79. The van der Waals surface area contributed by atoms with Crippen LogP contribution in [0, 0.1) is 0 Å². The van der Waals surface area contributed by atoms with E-state index in [9.17, 15) is 5.11 Å². The molecular formula is C22H22N2O2S2. The van der Waals surface area contributed by atoms with E-state index < -0.39 is 0 Å². The van der Waals surface area contributed by atoms with E-state index in [1.165, 1.54) is 16.9 Å². The maximum Gasteiger partial charge on any atom is 0.239 e. The molecule has 144 valence electrons. The number of ether oxygens (including phenoxy) is 1. The second-order valence-corrected chi connectivity index (χ2v) is 7.56. The number of hydrogen-bond acceptors (Lipinski definition) is 4. The van der Waals surface area contributed by atoms with Gasteiger partial charge >= 0.3 is 0 Å². The van der Waals surface area contributed by atoms with Crippen LogP contribution in [0.15, 0.2) is 66.3 Å². The van der Waals surface area contributed by atoms with Gasteiger partial charge in [0.2, 0.25) is 5.70 Å². The van der Waals surface area contributed by atoms with Crippen LogP contribution in [-0.2, 0) is 6.42 Å². The molecule has 0 atom stereocenters. The van der Waals surface area contributed by atoms with Gasteiger partial charge in [0.15, 0.2) is 17.4 Å². The van der Waals surface area contributed by atoms with Crippen molar-refractivity contribution >= 4 is 45.7 Å². The molecule has 3 aromatic rings. The van der Waals surface area contributed by atoms with Gasteiger partial charge in [-0.3, -0.25) is 0 Å². The van der Waals surface area contributed by atoms with Gasteiger partial charge in [-0.2, -0.15) is 4.57 Å². The molecule has 0 aliphatic rings. The highest BCUT2D eigenvalue weighted by Gasteiger charge is 2.19. The third-order valence-corrected chi connectivity index (χ3v) is 5.38. The van der Waals surface area contributed by atoms with E-state index in [2.05, 4.69) is 12.2 Å². The minimum Gasteiger partial charge on any atom is -0.867 e. The molecule has 3 rings (SSSR count). The molecule has 0 unspecified atom stereocenters. The first-order valence-electron chi connectivity index (χ1n) is 9.03. The molecule has 2 heterocycles. The molecule has 0 spiro atoms. The quantitative estimate of drug-likeness (QED) is 0.275. The number of pyridine rings is 1. The zero-order valence-electron chi connectivity index (χ0n) is 15.8. The van der Waals surface area contributed by atoms with E-state index in [1.807, 2.05) is 66.3 Å². The third kappa shape index (κ3) is 4.77. The minimum atomic E-state index is -0.103. The topological polar surface area (TPSA) is 48.2 Å². The van der Waals surface area contributed by atoms with E-state index in [0.717, 1.165) is 24.3 Å². The summed E-state index contributed by atoms with van der Waals surface area (Å²) in [7, 11) is 1.62. The number of benzene rings is 1. The molecule has 0 aliphatic carbocycles. The Morgan fingerprint density at radius 3 is 2.43 bits per heavy atom. The van der Waals surface area contributed by atoms with Crippen LogP contribution in [0.5, 0.6) is 5.75 Å². The highest BCUT2D eigenvalue weighted by molar-refractivity contribution is 7.81. The van der Waals surface area contributed by atoms with Gasteiger partial charge in [-0.05, 0) is 53.5 Å². The molecule has 0 saturated heterocycles. The van der Waals surface area contributed by atoms with Crippen molar-refractivity contribution in [2.75, 3.05) is 12.4 Å². The summed E-state index contributed by atoms with van der Waals surface area (Å²) in [5, 5.41) is 18.2. The largest absolute Gasteiger partial charge is 0.867 e. The lowest BCUT2D eigenvalue weighted by Crippen LogP contribution is -2.39. The van der Waals surface area contributed by atoms with Gasteiger partial charge < -0.3 is 15.2 Å². The van der Waals surface area contributed by atoms with Crippen LogP contribution in [0.3, 0.4) is 0 Å². The predicted molar refractivity (Wildman–Crippen MR) is 117 cm³/mol. The number of thiocarbonyl (C=S) groups is 1. The number of aromatic nitrogens is 1. The molecule has 1 N–H and O–H groups in total. The second-order valence-electron chi connectivity index (χ2n) is 6.20. The maximum absolute atomic E-state index is 13.2. The lowest BCUT2D eigenvalue weighted by atomic mass is 10.1. The first-order valence-corrected chi connectivity index (χ1v) is 10.3. The maximum atomic E-state index is 13.2. The zero-order chi connectivity index (χ0) is 19.9. The molecule has 0 saturated carbocycles. The van der Waals surface area contributed by atoms with Crippen molar-refractivity contribution < 1.29 is 14.4 Å². The minimum absolute atomic E-state index is 0.103. The average Bonchev–Trinajstić information content (AvgIpc) is 3.25. The molecular weight excluding hydrogens is 388 g/mol. The number of rotatable bonds is 7. The van der Waals surface area contributed by atoms with E-state index >= 15 is 0 Å². The van der Waals surface area contributed by atoms with Gasteiger partial charge in [-0.1, -0.05) is 31.6 Å². The van der Waals surface area contributed by atoms with Crippen molar-refractivity contribution in [3.8, 4) is 5.75 Å². The Kier molecular flexibility index (Phi) is 6.79. The fourth-order valence-corrected chi connectivity index (χ4v) is 3.77. The second kappa shape index (κ2) is 9.48. The highest BCUT2D eigenvalue weighted by Crippen LogP contribution is 2.22. The Balaban J connectivity index is 1.95. The van der Waals surface area contributed by atoms with Crippen LogP contribution < -0.4 is 19.7 Å². The molecule has 0 bridgehead atoms. The van der Waals surface area contributed by atoms with Crippen molar-refractivity contribution in [2.24, 2.45) is 0 Å². The summed E-state index contributed by atoms with van der Waals surface area (Å²) in [6.45, 7) is 2.15. The van der Waals surface area contributed by atoms with Crippen LogP contribution in [0.4, 0.5) is 5.69 Å². The fraction of sp³-hybridized carbons (Fsp3) is 0.182. The Labute approximate surface area is 174 Å². The standard InChI is InChI=1S/C22H22N2O2S2/c1-3-5-16-11-13-24(14-12-16)20(21(25)19-6-4-15-28-19)22(27)23-17-7-9-18(26-2)10-8-17/h4,6-15H,3,5H2,1-2H3,(H-,23,25,27). The van der Waals surface area contributed by atoms with Crippen molar-refractivity contribution in [2.45, 2.75) is 19.8 Å². The molecule has 2 aromatic heterocycles. The molecule has 4 nitrogen and oxygen atoms in total. The van der Waals surface area contributed by atoms with E-state index in [4.69, 9.17) is 17.0 Å². The summed E-state index contributed by atoms with van der Waals surface area (Å²) in [6.07, 6.45) is 5.87. The van der Waals surface area contributed by atoms with Crippen molar-refractivity contribution in [3.63, 3.8) is 0 Å². The Morgan fingerprint density at radius 1 is 1.14 bits per heavy atom. The number of hydrogen-bond donors (Lipinski definition) is 1. The summed E-state index contributed by atoms with van der Waals surface area (Å²) in [4.78, 5) is 1.02. The zero-order valence-corrected chi connectivity index (χ0v) is 17.5. The number of thiophene rings is 1. The Morgan fingerprint density at radius 2 is 1.86 bits per heavy atom. The lowest BCUT2D eigenvalue weighted by Gasteiger charge is -2.15. The monoisotopic (exact) mass is 410 g/mol. The average molecular weight is 411 g/mol. The van der Waals surface area contributed by atoms with Crippen molar-refractivity contribution in [1.82, 2.24) is 0 Å². The van der Waals surface area contributed by atoms with Crippen LogP contribution in [0.2, 0.25) is 0 Å². The van der Waals surface area contributed by atoms with Crippen LogP contribution in [-0.4, -0.2) is 12.1 Å². The number of nitrogens with one attached hydrogen (secondary N) is 1. The predicted octanol–water partition coefficient (Wildman–Crippen LogP) is 4.12. The summed E-state index contributed by atoms with van der Waals surface area (Å²) in [6, 6.07) is 15.2. The highest BCUT2D eigenvalue weighted by atomic mass is 32.1.